The molecule has 2 aliphatic rings. The Morgan fingerprint density at radius 1 is 1.08 bits per heavy atom. The third kappa shape index (κ3) is 4.26. The fraction of sp³-hybridized carbons (Fsp3) is 0.556. The van der Waals surface area contributed by atoms with Crippen molar-refractivity contribution in [1.29, 1.82) is 0 Å². The van der Waals surface area contributed by atoms with E-state index in [2.05, 4.69) is 10.6 Å². The minimum atomic E-state index is -0.635. The van der Waals surface area contributed by atoms with Gasteiger partial charge in [0.25, 0.3) is 0 Å². The second-order valence-electron chi connectivity index (χ2n) is 6.38. The number of nitrogens with zero attached hydrogens (tertiary/aromatic N) is 1. The highest BCUT2D eigenvalue weighted by atomic mass is 16.5. The van der Waals surface area contributed by atoms with E-state index in [9.17, 15) is 9.59 Å². The minimum absolute atomic E-state index is 0.0270. The van der Waals surface area contributed by atoms with Crippen molar-refractivity contribution in [3.63, 3.8) is 0 Å². The number of hydrogen-bond donors (Lipinski definition) is 2. The number of carbonyl (C=O) groups is 2. The summed E-state index contributed by atoms with van der Waals surface area (Å²) in [6.07, 6.45) is 3.68. The zero-order valence-corrected chi connectivity index (χ0v) is 13.9. The van der Waals surface area contributed by atoms with E-state index in [1.807, 2.05) is 35.2 Å². The molecule has 24 heavy (non-hydrogen) atoms. The van der Waals surface area contributed by atoms with Crippen LogP contribution in [0.4, 0.5) is 4.79 Å². The summed E-state index contributed by atoms with van der Waals surface area (Å²) in [6, 6.07) is 8.63. The molecule has 0 aliphatic carbocycles. The summed E-state index contributed by atoms with van der Waals surface area (Å²) in [6.45, 7) is 2.87. The summed E-state index contributed by atoms with van der Waals surface area (Å²) in [7, 11) is 0. The number of benzene rings is 1. The fourth-order valence-electron chi connectivity index (χ4n) is 3.25. The van der Waals surface area contributed by atoms with E-state index < -0.39 is 6.04 Å². The van der Waals surface area contributed by atoms with Crippen LogP contribution in [0.3, 0.4) is 0 Å². The van der Waals surface area contributed by atoms with Crippen molar-refractivity contribution in [2.24, 2.45) is 0 Å². The molecule has 1 aromatic rings. The summed E-state index contributed by atoms with van der Waals surface area (Å²) < 4.78 is 5.30. The van der Waals surface area contributed by atoms with Crippen molar-refractivity contribution in [1.82, 2.24) is 15.5 Å². The molecule has 0 aromatic heterocycles. The molecule has 6 nitrogen and oxygen atoms in total. The summed E-state index contributed by atoms with van der Waals surface area (Å²) in [5, 5.41) is 5.84. The van der Waals surface area contributed by atoms with Crippen LogP contribution in [0.25, 0.3) is 0 Å². The lowest BCUT2D eigenvalue weighted by molar-refractivity contribution is -0.132. The minimum Gasteiger partial charge on any atom is -0.381 e. The van der Waals surface area contributed by atoms with E-state index in [-0.39, 0.29) is 18.0 Å². The molecule has 2 aliphatic heterocycles. The van der Waals surface area contributed by atoms with Crippen LogP contribution in [0.15, 0.2) is 30.3 Å². The highest BCUT2D eigenvalue weighted by Gasteiger charge is 2.29. The second-order valence-corrected chi connectivity index (χ2v) is 6.38. The first-order valence-corrected chi connectivity index (χ1v) is 8.72. The quantitative estimate of drug-likeness (QED) is 0.884. The van der Waals surface area contributed by atoms with Gasteiger partial charge in [-0.05, 0) is 31.2 Å². The van der Waals surface area contributed by atoms with Gasteiger partial charge in [0.2, 0.25) is 5.91 Å². The van der Waals surface area contributed by atoms with E-state index in [0.717, 1.165) is 44.3 Å². The van der Waals surface area contributed by atoms with Crippen LogP contribution in [0, 0.1) is 0 Å². The van der Waals surface area contributed by atoms with E-state index in [1.165, 1.54) is 0 Å². The summed E-state index contributed by atoms with van der Waals surface area (Å²) in [5.41, 5.74) is 0.816. The van der Waals surface area contributed by atoms with Gasteiger partial charge in [0.15, 0.2) is 0 Å². The number of ether oxygens (including phenoxy) is 1. The molecule has 1 atom stereocenters. The first-order chi connectivity index (χ1) is 11.7. The average molecular weight is 331 g/mol. The maximum atomic E-state index is 12.8. The molecule has 130 valence electrons. The zero-order valence-electron chi connectivity index (χ0n) is 13.9. The van der Waals surface area contributed by atoms with Crippen LogP contribution in [-0.2, 0) is 9.53 Å². The van der Waals surface area contributed by atoms with Gasteiger partial charge >= 0.3 is 6.03 Å². The standard InChI is InChI=1S/C18H25N3O3/c22-17(21-10-4-5-11-21)16(14-6-2-1-3-7-14)20-18(23)19-15-8-12-24-13-9-15/h1-3,6-7,15-16H,4-5,8-13H2,(H2,19,20,23). The van der Waals surface area contributed by atoms with Crippen LogP contribution in [-0.4, -0.2) is 49.2 Å². The number of urea groups is 1. The molecule has 1 aromatic carbocycles. The Hall–Kier alpha value is -2.08. The monoisotopic (exact) mass is 331 g/mol. The lowest BCUT2D eigenvalue weighted by Gasteiger charge is -2.27. The Balaban J connectivity index is 1.67. The lowest BCUT2D eigenvalue weighted by Crippen LogP contribution is -2.49. The molecule has 2 N–H and O–H groups in total. The van der Waals surface area contributed by atoms with Gasteiger partial charge < -0.3 is 20.3 Å². The van der Waals surface area contributed by atoms with Gasteiger partial charge in [0, 0.05) is 32.3 Å². The molecule has 2 saturated heterocycles. The Kier molecular flexibility index (Phi) is 5.69. The maximum Gasteiger partial charge on any atom is 0.315 e. The molecule has 3 rings (SSSR count). The van der Waals surface area contributed by atoms with Gasteiger partial charge in [-0.3, -0.25) is 4.79 Å². The van der Waals surface area contributed by atoms with Gasteiger partial charge in [-0.1, -0.05) is 30.3 Å². The zero-order chi connectivity index (χ0) is 16.8. The molecule has 3 amide bonds. The van der Waals surface area contributed by atoms with Crippen LogP contribution in [0.5, 0.6) is 0 Å². The first-order valence-electron chi connectivity index (χ1n) is 8.72. The van der Waals surface area contributed by atoms with Crippen molar-refractivity contribution in [2.75, 3.05) is 26.3 Å². The van der Waals surface area contributed by atoms with E-state index in [1.54, 1.807) is 0 Å². The number of likely N-dealkylation sites (tertiary alicyclic amines) is 1. The molecular formula is C18H25N3O3. The molecule has 0 radical (unpaired) electrons. The van der Waals surface area contributed by atoms with Gasteiger partial charge in [0.05, 0.1) is 0 Å². The van der Waals surface area contributed by atoms with Crippen molar-refractivity contribution < 1.29 is 14.3 Å². The van der Waals surface area contributed by atoms with Crippen LogP contribution >= 0.6 is 0 Å². The maximum absolute atomic E-state index is 12.8. The SMILES string of the molecule is O=C(NC1CCOCC1)NC(C(=O)N1CCCC1)c1ccccc1. The Labute approximate surface area is 142 Å². The van der Waals surface area contributed by atoms with E-state index >= 15 is 0 Å². The number of nitrogens with one attached hydrogen (secondary N) is 2. The number of amides is 3. The Morgan fingerprint density at radius 3 is 2.42 bits per heavy atom. The topological polar surface area (TPSA) is 70.7 Å². The van der Waals surface area contributed by atoms with Crippen molar-refractivity contribution in [3.8, 4) is 0 Å². The number of rotatable bonds is 4. The molecule has 2 fully saturated rings. The number of hydrogen-bond acceptors (Lipinski definition) is 3. The normalized spacial score (nSPS) is 19.8. The smallest absolute Gasteiger partial charge is 0.315 e. The number of carbonyl (C=O) groups excluding carboxylic acids is 2. The Bertz CT molecular complexity index is 552. The van der Waals surface area contributed by atoms with Gasteiger partial charge in [-0.2, -0.15) is 0 Å². The third-order valence-corrected chi connectivity index (χ3v) is 4.63. The average Bonchev–Trinajstić information content (AvgIpc) is 3.15. The second kappa shape index (κ2) is 8.15. The predicted molar refractivity (Wildman–Crippen MR) is 90.5 cm³/mol. The van der Waals surface area contributed by atoms with Crippen LogP contribution in [0.1, 0.15) is 37.3 Å². The van der Waals surface area contributed by atoms with Crippen molar-refractivity contribution >= 4 is 11.9 Å². The third-order valence-electron chi connectivity index (χ3n) is 4.63. The van der Waals surface area contributed by atoms with Gasteiger partial charge in [-0.25, -0.2) is 4.79 Å². The first kappa shape index (κ1) is 16.8. The van der Waals surface area contributed by atoms with Crippen molar-refractivity contribution in [3.05, 3.63) is 35.9 Å². The summed E-state index contributed by atoms with van der Waals surface area (Å²) in [4.78, 5) is 27.1. The Morgan fingerprint density at radius 2 is 1.75 bits per heavy atom. The van der Waals surface area contributed by atoms with E-state index in [0.29, 0.717) is 13.2 Å². The molecular weight excluding hydrogens is 306 g/mol. The van der Waals surface area contributed by atoms with Crippen LogP contribution in [0.2, 0.25) is 0 Å². The van der Waals surface area contributed by atoms with Gasteiger partial charge in [-0.15, -0.1) is 0 Å². The fourth-order valence-corrected chi connectivity index (χ4v) is 3.25. The van der Waals surface area contributed by atoms with Crippen molar-refractivity contribution in [2.45, 2.75) is 37.8 Å². The summed E-state index contributed by atoms with van der Waals surface area (Å²) in [5.74, 6) is -0.0270. The largest absolute Gasteiger partial charge is 0.381 e. The highest BCUT2D eigenvalue weighted by Crippen LogP contribution is 2.19. The molecule has 0 spiro atoms. The predicted octanol–water partition coefficient (Wildman–Crippen LogP) is 1.83. The molecule has 0 bridgehead atoms. The summed E-state index contributed by atoms with van der Waals surface area (Å²) >= 11 is 0. The molecule has 6 heteroatoms. The lowest BCUT2D eigenvalue weighted by atomic mass is 10.1. The molecule has 1 unspecified atom stereocenters. The van der Waals surface area contributed by atoms with Crippen LogP contribution < -0.4 is 10.6 Å². The molecule has 0 saturated carbocycles. The molecule has 2 heterocycles. The van der Waals surface area contributed by atoms with Gasteiger partial charge in [0.1, 0.15) is 6.04 Å². The van der Waals surface area contributed by atoms with E-state index in [4.69, 9.17) is 4.74 Å². The highest BCUT2D eigenvalue weighted by molar-refractivity contribution is 5.88.